The van der Waals surface area contributed by atoms with Crippen molar-refractivity contribution < 1.29 is 14.4 Å². The van der Waals surface area contributed by atoms with Crippen molar-refractivity contribution in [1.29, 1.82) is 0 Å². The van der Waals surface area contributed by atoms with Crippen LogP contribution in [0.3, 0.4) is 0 Å². The Morgan fingerprint density at radius 3 is 2.48 bits per heavy atom. The topological polar surface area (TPSA) is 166 Å². The lowest BCUT2D eigenvalue weighted by Crippen LogP contribution is -2.52. The fourth-order valence-corrected chi connectivity index (χ4v) is 3.13. The smallest absolute Gasteiger partial charge is 0.237 e. The van der Waals surface area contributed by atoms with Crippen LogP contribution in [0.1, 0.15) is 51.9 Å². The van der Waals surface area contributed by atoms with Gasteiger partial charge in [0.05, 0.1) is 12.1 Å². The highest BCUT2D eigenvalue weighted by Gasteiger charge is 2.28. The molecule has 1 rings (SSSR count). The van der Waals surface area contributed by atoms with Crippen LogP contribution in [0.25, 0.3) is 0 Å². The molecule has 0 aromatic carbocycles. The number of amides is 1. The van der Waals surface area contributed by atoms with E-state index in [1.807, 2.05) is 0 Å². The number of hydrogen-bond donors (Lipinski definition) is 5. The summed E-state index contributed by atoms with van der Waals surface area (Å²) in [7, 11) is 0. The molecule has 0 aromatic rings. The lowest BCUT2D eigenvalue weighted by Gasteiger charge is -2.27. The van der Waals surface area contributed by atoms with E-state index in [1.165, 1.54) is 6.92 Å². The second kappa shape index (κ2) is 12.4. The van der Waals surface area contributed by atoms with E-state index in [2.05, 4.69) is 15.6 Å². The van der Waals surface area contributed by atoms with Gasteiger partial charge >= 0.3 is 0 Å². The van der Waals surface area contributed by atoms with Crippen molar-refractivity contribution in [1.82, 2.24) is 10.6 Å². The average Bonchev–Trinajstić information content (AvgIpc) is 2.61. The monoisotopic (exact) mass is 382 g/mol. The predicted octanol–water partition coefficient (Wildman–Crippen LogP) is -0.820. The predicted molar refractivity (Wildman–Crippen MR) is 105 cm³/mol. The van der Waals surface area contributed by atoms with Crippen molar-refractivity contribution in [2.45, 2.75) is 64.0 Å². The minimum atomic E-state index is -0.587. The highest BCUT2D eigenvalue weighted by molar-refractivity contribution is 5.91. The number of Topliss-reactive ketones (excluding diaryl/α,β-unsaturated/α-hetero) is 2. The number of nitrogens with one attached hydrogen (secondary N) is 2. The highest BCUT2D eigenvalue weighted by atomic mass is 16.2. The molecule has 0 saturated carbocycles. The van der Waals surface area contributed by atoms with Gasteiger partial charge in [-0.15, -0.1) is 0 Å². The van der Waals surface area contributed by atoms with Gasteiger partial charge < -0.3 is 27.8 Å². The number of carbonyl (C=O) groups is 3. The highest BCUT2D eigenvalue weighted by Crippen LogP contribution is 2.14. The summed E-state index contributed by atoms with van der Waals surface area (Å²) in [6, 6.07) is -1.03. The molecule has 9 heteroatoms. The molecule has 8 N–H and O–H groups in total. The number of nitrogens with two attached hydrogens (primary N) is 3. The molecule has 0 bridgehead atoms. The first-order chi connectivity index (χ1) is 12.8. The Kier molecular flexibility index (Phi) is 10.6. The molecule has 0 radical (unpaired) electrons. The number of unbranched alkanes of at least 4 members (excludes halogenated alkanes) is 1. The Bertz CT molecular complexity index is 533. The van der Waals surface area contributed by atoms with Gasteiger partial charge in [0.25, 0.3) is 0 Å². The van der Waals surface area contributed by atoms with Gasteiger partial charge in [-0.25, -0.2) is 0 Å². The van der Waals surface area contributed by atoms with E-state index < -0.39 is 12.1 Å². The molecule has 0 aromatic heterocycles. The minimum absolute atomic E-state index is 0.00443. The van der Waals surface area contributed by atoms with Crippen LogP contribution in [0.15, 0.2) is 4.99 Å². The summed E-state index contributed by atoms with van der Waals surface area (Å²) in [6.07, 6.45) is 4.02. The fourth-order valence-electron chi connectivity index (χ4n) is 3.13. The SMILES string of the molecule is CC(=O)C1CCC(=O)[C@H](CCCN=C(N)N)NC(=O)[C@H](CCCCN)NC1. The maximum Gasteiger partial charge on any atom is 0.237 e. The molecule has 3 atom stereocenters. The maximum absolute atomic E-state index is 12.7. The van der Waals surface area contributed by atoms with Crippen LogP contribution in [0.5, 0.6) is 0 Å². The van der Waals surface area contributed by atoms with Crippen molar-refractivity contribution in [3.05, 3.63) is 0 Å². The zero-order valence-electron chi connectivity index (χ0n) is 16.2. The molecule has 1 aliphatic heterocycles. The van der Waals surface area contributed by atoms with Gasteiger partial charge in [-0.05, 0) is 45.6 Å². The third kappa shape index (κ3) is 8.96. The largest absolute Gasteiger partial charge is 0.370 e. The second-order valence-electron chi connectivity index (χ2n) is 7.07. The number of nitrogens with zero attached hydrogens (tertiary/aromatic N) is 1. The number of ketones is 2. The van der Waals surface area contributed by atoms with Crippen molar-refractivity contribution >= 4 is 23.4 Å². The molecule has 1 aliphatic rings. The number of aliphatic imine (C=N–C) groups is 1. The second-order valence-corrected chi connectivity index (χ2v) is 7.07. The quantitative estimate of drug-likeness (QED) is 0.197. The molecule has 1 fully saturated rings. The van der Waals surface area contributed by atoms with E-state index in [-0.39, 0.29) is 35.8 Å². The van der Waals surface area contributed by atoms with Crippen LogP contribution in [-0.4, -0.2) is 55.2 Å². The Labute approximate surface area is 160 Å². The molecular weight excluding hydrogens is 348 g/mol. The van der Waals surface area contributed by atoms with Gasteiger partial charge in [-0.1, -0.05) is 6.42 Å². The first-order valence-electron chi connectivity index (χ1n) is 9.67. The molecule has 154 valence electrons. The lowest BCUT2D eigenvalue weighted by atomic mass is 9.92. The van der Waals surface area contributed by atoms with Crippen molar-refractivity contribution in [2.24, 2.45) is 28.1 Å². The normalized spacial score (nSPS) is 24.1. The van der Waals surface area contributed by atoms with Gasteiger partial charge in [0.1, 0.15) is 5.78 Å². The summed E-state index contributed by atoms with van der Waals surface area (Å²) in [6.45, 7) is 2.89. The van der Waals surface area contributed by atoms with Gasteiger partial charge in [-0.3, -0.25) is 19.4 Å². The Morgan fingerprint density at radius 2 is 1.85 bits per heavy atom. The number of hydrogen-bond acceptors (Lipinski definition) is 6. The third-order valence-corrected chi connectivity index (χ3v) is 4.84. The molecular formula is C18H34N6O3. The van der Waals surface area contributed by atoms with E-state index in [1.54, 1.807) is 0 Å². The first kappa shape index (κ1) is 23.0. The van der Waals surface area contributed by atoms with E-state index in [0.29, 0.717) is 45.3 Å². The van der Waals surface area contributed by atoms with Crippen molar-refractivity contribution in [2.75, 3.05) is 19.6 Å². The minimum Gasteiger partial charge on any atom is -0.370 e. The summed E-state index contributed by atoms with van der Waals surface area (Å²) in [5.74, 6) is -0.497. The van der Waals surface area contributed by atoms with Crippen LogP contribution in [0.2, 0.25) is 0 Å². The van der Waals surface area contributed by atoms with Crippen LogP contribution >= 0.6 is 0 Å². The molecule has 0 aliphatic carbocycles. The van der Waals surface area contributed by atoms with Crippen molar-refractivity contribution in [3.8, 4) is 0 Å². The third-order valence-electron chi connectivity index (χ3n) is 4.84. The van der Waals surface area contributed by atoms with Crippen LogP contribution in [0.4, 0.5) is 0 Å². The summed E-state index contributed by atoms with van der Waals surface area (Å²) in [5, 5.41) is 6.07. The molecule has 1 unspecified atom stereocenters. The number of carbonyl (C=O) groups excluding carboxylic acids is 3. The Balaban J connectivity index is 2.82. The number of rotatable bonds is 9. The lowest BCUT2D eigenvalue weighted by molar-refractivity contribution is -0.130. The fraction of sp³-hybridized carbons (Fsp3) is 0.778. The van der Waals surface area contributed by atoms with E-state index in [4.69, 9.17) is 17.2 Å². The van der Waals surface area contributed by atoms with Gasteiger partial charge in [0.2, 0.25) is 5.91 Å². The van der Waals surface area contributed by atoms with Gasteiger partial charge in [0.15, 0.2) is 11.7 Å². The summed E-state index contributed by atoms with van der Waals surface area (Å²) in [5.41, 5.74) is 16.1. The van der Waals surface area contributed by atoms with Crippen LogP contribution < -0.4 is 27.8 Å². The Hall–Kier alpha value is -2.00. The van der Waals surface area contributed by atoms with Gasteiger partial charge in [0, 0.05) is 25.4 Å². The molecule has 1 heterocycles. The zero-order valence-corrected chi connectivity index (χ0v) is 16.2. The zero-order chi connectivity index (χ0) is 20.2. The number of guanidine groups is 1. The van der Waals surface area contributed by atoms with Crippen LogP contribution in [0, 0.1) is 5.92 Å². The first-order valence-corrected chi connectivity index (χ1v) is 9.67. The van der Waals surface area contributed by atoms with E-state index in [0.717, 1.165) is 12.8 Å². The molecule has 1 saturated heterocycles. The summed E-state index contributed by atoms with van der Waals surface area (Å²) in [4.78, 5) is 41.1. The Morgan fingerprint density at radius 1 is 1.15 bits per heavy atom. The van der Waals surface area contributed by atoms with Crippen molar-refractivity contribution in [3.63, 3.8) is 0 Å². The maximum atomic E-state index is 12.7. The van der Waals surface area contributed by atoms with E-state index in [9.17, 15) is 14.4 Å². The molecule has 27 heavy (non-hydrogen) atoms. The van der Waals surface area contributed by atoms with Crippen LogP contribution in [-0.2, 0) is 14.4 Å². The average molecular weight is 383 g/mol. The standard InChI is InChI=1S/C18H34N6O3/c1-12(25)13-7-8-16(26)14(6-4-10-22-18(20)21)24-17(27)15(23-11-13)5-2-3-9-19/h13-15,23H,2-11,19H2,1H3,(H,24,27)(H4,20,21,22)/t13?,14-,15-/m0/s1. The van der Waals surface area contributed by atoms with E-state index >= 15 is 0 Å². The van der Waals surface area contributed by atoms with Gasteiger partial charge in [-0.2, -0.15) is 0 Å². The molecule has 0 spiro atoms. The summed E-state index contributed by atoms with van der Waals surface area (Å²) < 4.78 is 0. The molecule has 1 amide bonds. The molecule has 9 nitrogen and oxygen atoms in total. The summed E-state index contributed by atoms with van der Waals surface area (Å²) >= 11 is 0.